The molecule has 3 saturated heterocycles. The van der Waals surface area contributed by atoms with Crippen molar-refractivity contribution < 1.29 is 19.1 Å². The normalized spacial score (nSPS) is 34.7. The predicted molar refractivity (Wildman–Crippen MR) is 101 cm³/mol. The van der Waals surface area contributed by atoms with Gasteiger partial charge in [-0.3, -0.25) is 9.59 Å². The summed E-state index contributed by atoms with van der Waals surface area (Å²) in [4.78, 5) is 28.9. The van der Waals surface area contributed by atoms with Crippen LogP contribution >= 0.6 is 0 Å². The maximum Gasteiger partial charge on any atom is 0.218 e. The molecule has 0 radical (unpaired) electrons. The van der Waals surface area contributed by atoms with Gasteiger partial charge in [0.2, 0.25) is 6.29 Å². The molecule has 5 nitrogen and oxygen atoms in total. The SMILES string of the molecule is O=C1[C@@H]2OC[C@H](O2)[C@H]2[C@@H]1[C@@H]1c3ccccc3C=CN1[C@H]2C(=O)c1ccccc1. The Morgan fingerprint density at radius 3 is 2.68 bits per heavy atom. The van der Waals surface area contributed by atoms with Crippen LogP contribution in [-0.2, 0) is 14.3 Å². The lowest BCUT2D eigenvalue weighted by molar-refractivity contribution is -0.164. The van der Waals surface area contributed by atoms with Crippen LogP contribution in [0.3, 0.4) is 0 Å². The van der Waals surface area contributed by atoms with E-state index < -0.39 is 12.3 Å². The molecular weight excluding hydrogens is 354 g/mol. The molecule has 2 aromatic rings. The molecule has 5 heteroatoms. The number of benzene rings is 2. The maximum absolute atomic E-state index is 13.6. The smallest absolute Gasteiger partial charge is 0.218 e. The van der Waals surface area contributed by atoms with E-state index in [1.165, 1.54) is 0 Å². The number of carbonyl (C=O) groups excluding carboxylic acids is 2. The predicted octanol–water partition coefficient (Wildman–Crippen LogP) is 2.84. The van der Waals surface area contributed by atoms with Gasteiger partial charge in [0.05, 0.1) is 30.7 Å². The lowest BCUT2D eigenvalue weighted by atomic mass is 9.75. The zero-order valence-corrected chi connectivity index (χ0v) is 15.1. The topological polar surface area (TPSA) is 55.8 Å². The third-order valence-corrected chi connectivity index (χ3v) is 6.53. The largest absolute Gasteiger partial charge is 0.359 e. The van der Waals surface area contributed by atoms with E-state index in [2.05, 4.69) is 17.0 Å². The van der Waals surface area contributed by atoms with Crippen molar-refractivity contribution in [1.29, 1.82) is 0 Å². The third kappa shape index (κ3) is 2.09. The molecule has 0 aliphatic carbocycles. The highest BCUT2D eigenvalue weighted by Gasteiger charge is 2.63. The number of carbonyl (C=O) groups is 2. The zero-order valence-electron chi connectivity index (χ0n) is 15.1. The van der Waals surface area contributed by atoms with Crippen molar-refractivity contribution >= 4 is 17.6 Å². The van der Waals surface area contributed by atoms with Gasteiger partial charge in [0.25, 0.3) is 0 Å². The average molecular weight is 373 g/mol. The monoisotopic (exact) mass is 373 g/mol. The van der Waals surface area contributed by atoms with Gasteiger partial charge in [-0.1, -0.05) is 54.6 Å². The summed E-state index contributed by atoms with van der Waals surface area (Å²) in [6.07, 6.45) is 2.99. The summed E-state index contributed by atoms with van der Waals surface area (Å²) in [6.45, 7) is 0.363. The van der Waals surface area contributed by atoms with Gasteiger partial charge >= 0.3 is 0 Å². The number of nitrogens with zero attached hydrogens (tertiary/aromatic N) is 1. The summed E-state index contributed by atoms with van der Waals surface area (Å²) >= 11 is 0. The summed E-state index contributed by atoms with van der Waals surface area (Å²) in [5, 5.41) is 0. The number of ether oxygens (including phenoxy) is 2. The highest BCUT2D eigenvalue weighted by atomic mass is 16.7. The molecule has 0 unspecified atom stereocenters. The average Bonchev–Trinajstić information content (AvgIpc) is 3.33. The number of Topliss-reactive ketones (excluding diaryl/α,β-unsaturated/α-hetero) is 2. The van der Waals surface area contributed by atoms with Gasteiger partial charge < -0.3 is 14.4 Å². The molecule has 0 amide bonds. The molecule has 4 aliphatic rings. The Kier molecular flexibility index (Phi) is 3.40. The van der Waals surface area contributed by atoms with E-state index in [1.807, 2.05) is 54.7 Å². The van der Waals surface area contributed by atoms with Crippen LogP contribution in [0.1, 0.15) is 27.5 Å². The van der Waals surface area contributed by atoms with E-state index in [0.29, 0.717) is 12.2 Å². The van der Waals surface area contributed by atoms with Crippen molar-refractivity contribution in [2.45, 2.75) is 24.5 Å². The standard InChI is InChI=1S/C23H19NO4/c25-21(14-7-2-1-3-8-14)20-17-16-12-27-23(28-16)22(26)18(17)19-15-9-5-4-6-13(15)10-11-24(19)20/h1-11,16-20,23H,12H2/t16-,17-,18+,19-,20+,23+/m0/s1. The molecule has 28 heavy (non-hydrogen) atoms. The van der Waals surface area contributed by atoms with E-state index in [1.54, 1.807) is 0 Å². The molecular formula is C23H19NO4. The first-order valence-electron chi connectivity index (χ1n) is 9.68. The molecule has 0 spiro atoms. The molecule has 140 valence electrons. The van der Waals surface area contributed by atoms with Crippen LogP contribution in [0.2, 0.25) is 0 Å². The molecule has 3 fully saturated rings. The van der Waals surface area contributed by atoms with Crippen LogP contribution in [0.15, 0.2) is 60.8 Å². The van der Waals surface area contributed by atoms with Crippen LogP contribution in [-0.4, -0.2) is 41.5 Å². The van der Waals surface area contributed by atoms with Crippen LogP contribution in [0.25, 0.3) is 6.08 Å². The fourth-order valence-corrected chi connectivity index (χ4v) is 5.39. The van der Waals surface area contributed by atoms with Gasteiger partial charge in [0, 0.05) is 17.7 Å². The summed E-state index contributed by atoms with van der Waals surface area (Å²) < 4.78 is 11.5. The molecule has 2 aromatic carbocycles. The van der Waals surface area contributed by atoms with Gasteiger partial charge in [0.1, 0.15) is 0 Å². The zero-order chi connectivity index (χ0) is 18.8. The second-order valence-corrected chi connectivity index (χ2v) is 7.86. The molecule has 0 aromatic heterocycles. The molecule has 4 aliphatic heterocycles. The van der Waals surface area contributed by atoms with Gasteiger partial charge in [-0.25, -0.2) is 0 Å². The highest BCUT2D eigenvalue weighted by molar-refractivity contribution is 6.02. The first kappa shape index (κ1) is 16.2. The minimum atomic E-state index is -0.795. The highest BCUT2D eigenvalue weighted by Crippen LogP contribution is 2.54. The van der Waals surface area contributed by atoms with Gasteiger partial charge in [0.15, 0.2) is 11.6 Å². The summed E-state index contributed by atoms with van der Waals surface area (Å²) in [5.74, 6) is -0.541. The van der Waals surface area contributed by atoms with Crippen LogP contribution in [0.5, 0.6) is 0 Å². The molecule has 0 saturated carbocycles. The summed E-state index contributed by atoms with van der Waals surface area (Å²) in [6, 6.07) is 16.8. The minimum absolute atomic E-state index is 0.0314. The van der Waals surface area contributed by atoms with Gasteiger partial charge in [-0.05, 0) is 17.2 Å². The number of hydrogen-bond acceptors (Lipinski definition) is 5. The number of hydrogen-bond donors (Lipinski definition) is 0. The van der Waals surface area contributed by atoms with Crippen LogP contribution < -0.4 is 0 Å². The molecule has 2 bridgehead atoms. The number of fused-ring (bicyclic) bond motifs is 8. The Morgan fingerprint density at radius 1 is 1.04 bits per heavy atom. The van der Waals surface area contributed by atoms with E-state index in [0.717, 1.165) is 11.1 Å². The summed E-state index contributed by atoms with van der Waals surface area (Å²) in [5.41, 5.74) is 2.86. The van der Waals surface area contributed by atoms with Gasteiger partial charge in [-0.2, -0.15) is 0 Å². The van der Waals surface area contributed by atoms with Crippen molar-refractivity contribution in [2.75, 3.05) is 6.61 Å². The Hall–Kier alpha value is -2.76. The first-order chi connectivity index (χ1) is 13.7. The van der Waals surface area contributed by atoms with Crippen molar-refractivity contribution in [3.8, 4) is 0 Å². The Labute approximate surface area is 162 Å². The van der Waals surface area contributed by atoms with Gasteiger partial charge in [-0.15, -0.1) is 0 Å². The molecule has 0 N–H and O–H groups in total. The number of ketones is 2. The minimum Gasteiger partial charge on any atom is -0.359 e. The van der Waals surface area contributed by atoms with E-state index in [9.17, 15) is 9.59 Å². The molecule has 6 atom stereocenters. The van der Waals surface area contributed by atoms with Crippen molar-refractivity contribution in [3.05, 3.63) is 77.5 Å². The van der Waals surface area contributed by atoms with Crippen LogP contribution in [0, 0.1) is 11.8 Å². The maximum atomic E-state index is 13.6. The second kappa shape index (κ2) is 5.87. The Balaban J connectivity index is 1.52. The van der Waals surface area contributed by atoms with E-state index >= 15 is 0 Å². The van der Waals surface area contributed by atoms with Crippen molar-refractivity contribution in [2.24, 2.45) is 11.8 Å². The lowest BCUT2D eigenvalue weighted by Crippen LogP contribution is -2.48. The first-order valence-corrected chi connectivity index (χ1v) is 9.68. The van der Waals surface area contributed by atoms with Crippen molar-refractivity contribution in [1.82, 2.24) is 4.90 Å². The molecule has 4 heterocycles. The van der Waals surface area contributed by atoms with E-state index in [-0.39, 0.29) is 35.5 Å². The van der Waals surface area contributed by atoms with E-state index in [4.69, 9.17) is 9.47 Å². The summed E-state index contributed by atoms with van der Waals surface area (Å²) in [7, 11) is 0. The Morgan fingerprint density at radius 2 is 1.82 bits per heavy atom. The van der Waals surface area contributed by atoms with Crippen LogP contribution in [0.4, 0.5) is 0 Å². The van der Waals surface area contributed by atoms with Crippen molar-refractivity contribution in [3.63, 3.8) is 0 Å². The molecule has 6 rings (SSSR count). The number of rotatable bonds is 2. The fraction of sp³-hybridized carbons (Fsp3) is 0.304. The Bertz CT molecular complexity index is 1000. The lowest BCUT2D eigenvalue weighted by Gasteiger charge is -2.34. The second-order valence-electron chi connectivity index (χ2n) is 7.86. The quantitative estimate of drug-likeness (QED) is 0.758. The fourth-order valence-electron chi connectivity index (χ4n) is 5.39. The third-order valence-electron chi connectivity index (χ3n) is 6.53.